The van der Waals surface area contributed by atoms with Gasteiger partial charge in [0, 0.05) is 13.7 Å². The number of nitrogens with two attached hydrogens (primary N) is 1. The van der Waals surface area contributed by atoms with E-state index >= 15 is 0 Å². The molecular weight excluding hydrogens is 240 g/mol. The number of aromatic nitrogens is 3. The molecule has 0 spiro atoms. The van der Waals surface area contributed by atoms with E-state index in [9.17, 15) is 0 Å². The standard InChI is InChI=1S/C14H26N4O/c1-5-19-14(8-6-13(2,3)7-9-14)12(15)11-10-16-17-18(11)4/h10,12H,5-9,15H2,1-4H3. The predicted molar refractivity (Wildman–Crippen MR) is 74.5 cm³/mol. The maximum Gasteiger partial charge on any atom is 0.0890 e. The van der Waals surface area contributed by atoms with Gasteiger partial charge in [-0.3, -0.25) is 4.68 Å². The van der Waals surface area contributed by atoms with Crippen LogP contribution in [0.3, 0.4) is 0 Å². The van der Waals surface area contributed by atoms with Crippen molar-refractivity contribution in [2.45, 2.75) is 58.1 Å². The molecule has 0 amide bonds. The maximum absolute atomic E-state index is 6.50. The SMILES string of the molecule is CCOC1(C(N)c2cnnn2C)CCC(C)(C)CC1. The van der Waals surface area contributed by atoms with Gasteiger partial charge in [0.1, 0.15) is 0 Å². The van der Waals surface area contributed by atoms with Crippen molar-refractivity contribution in [3.63, 3.8) is 0 Å². The van der Waals surface area contributed by atoms with Gasteiger partial charge in [-0.15, -0.1) is 5.10 Å². The van der Waals surface area contributed by atoms with Gasteiger partial charge in [-0.2, -0.15) is 0 Å². The van der Waals surface area contributed by atoms with E-state index in [-0.39, 0.29) is 11.6 Å². The molecule has 0 saturated heterocycles. The molecule has 2 rings (SSSR count). The fourth-order valence-corrected chi connectivity index (χ4v) is 3.03. The molecule has 1 fully saturated rings. The minimum atomic E-state index is -0.264. The van der Waals surface area contributed by atoms with Gasteiger partial charge < -0.3 is 10.5 Å². The summed E-state index contributed by atoms with van der Waals surface area (Å²) in [6.45, 7) is 7.37. The molecule has 0 radical (unpaired) electrons. The van der Waals surface area contributed by atoms with E-state index in [4.69, 9.17) is 10.5 Å². The van der Waals surface area contributed by atoms with Crippen molar-refractivity contribution in [3.8, 4) is 0 Å². The van der Waals surface area contributed by atoms with Gasteiger partial charge in [-0.25, -0.2) is 0 Å². The fraction of sp³-hybridized carbons (Fsp3) is 0.857. The Kier molecular flexibility index (Phi) is 3.97. The Morgan fingerprint density at radius 3 is 2.47 bits per heavy atom. The fourth-order valence-electron chi connectivity index (χ4n) is 3.03. The minimum Gasteiger partial charge on any atom is -0.373 e. The lowest BCUT2D eigenvalue weighted by Gasteiger charge is -2.46. The summed E-state index contributed by atoms with van der Waals surface area (Å²) in [6, 6.07) is -0.163. The molecular formula is C14H26N4O. The molecule has 1 aliphatic rings. The smallest absolute Gasteiger partial charge is 0.0890 e. The zero-order valence-electron chi connectivity index (χ0n) is 12.5. The minimum absolute atomic E-state index is 0.163. The summed E-state index contributed by atoms with van der Waals surface area (Å²) < 4.78 is 7.87. The second-order valence-electron chi connectivity index (χ2n) is 6.42. The summed E-state index contributed by atoms with van der Waals surface area (Å²) in [7, 11) is 1.88. The highest BCUT2D eigenvalue weighted by atomic mass is 16.5. The zero-order chi connectivity index (χ0) is 14.1. The van der Waals surface area contributed by atoms with E-state index in [1.54, 1.807) is 10.9 Å². The predicted octanol–water partition coefficient (Wildman–Crippen LogP) is 2.19. The summed E-state index contributed by atoms with van der Waals surface area (Å²) in [4.78, 5) is 0. The number of rotatable bonds is 4. The van der Waals surface area contributed by atoms with Crippen LogP contribution in [0.25, 0.3) is 0 Å². The third-order valence-corrected chi connectivity index (χ3v) is 4.52. The maximum atomic E-state index is 6.50. The first-order valence-corrected chi connectivity index (χ1v) is 7.14. The van der Waals surface area contributed by atoms with Crippen molar-refractivity contribution in [3.05, 3.63) is 11.9 Å². The van der Waals surface area contributed by atoms with Gasteiger partial charge in [0.2, 0.25) is 0 Å². The highest BCUT2D eigenvalue weighted by molar-refractivity contribution is 5.11. The Morgan fingerprint density at radius 1 is 1.37 bits per heavy atom. The molecule has 19 heavy (non-hydrogen) atoms. The molecule has 0 bridgehead atoms. The third kappa shape index (κ3) is 2.82. The average Bonchev–Trinajstić information content (AvgIpc) is 2.78. The number of aryl methyl sites for hydroxylation is 1. The van der Waals surface area contributed by atoms with Crippen LogP contribution in [0.15, 0.2) is 6.20 Å². The molecule has 2 N–H and O–H groups in total. The van der Waals surface area contributed by atoms with Crippen LogP contribution < -0.4 is 5.73 Å². The molecule has 1 unspecified atom stereocenters. The monoisotopic (exact) mass is 266 g/mol. The van der Waals surface area contributed by atoms with Crippen molar-refractivity contribution >= 4 is 0 Å². The Morgan fingerprint density at radius 2 is 2.00 bits per heavy atom. The van der Waals surface area contributed by atoms with Crippen LogP contribution in [0.5, 0.6) is 0 Å². The number of hydrogen-bond acceptors (Lipinski definition) is 4. The van der Waals surface area contributed by atoms with Gasteiger partial charge in [0.15, 0.2) is 0 Å². The molecule has 1 atom stereocenters. The van der Waals surface area contributed by atoms with Crippen molar-refractivity contribution in [1.82, 2.24) is 15.0 Å². The average molecular weight is 266 g/mol. The van der Waals surface area contributed by atoms with Crippen LogP contribution in [-0.4, -0.2) is 27.2 Å². The topological polar surface area (TPSA) is 66.0 Å². The Bertz CT molecular complexity index is 417. The lowest BCUT2D eigenvalue weighted by atomic mass is 9.68. The summed E-state index contributed by atoms with van der Waals surface area (Å²) in [6.07, 6.45) is 6.05. The quantitative estimate of drug-likeness (QED) is 0.907. The summed E-state index contributed by atoms with van der Waals surface area (Å²) in [5, 5.41) is 7.92. The molecule has 1 aromatic rings. The first-order chi connectivity index (χ1) is 8.90. The lowest BCUT2D eigenvalue weighted by molar-refractivity contribution is -0.101. The number of nitrogens with zero attached hydrogens (tertiary/aromatic N) is 3. The van der Waals surface area contributed by atoms with E-state index in [2.05, 4.69) is 24.2 Å². The van der Waals surface area contributed by atoms with Crippen molar-refractivity contribution in [2.24, 2.45) is 18.2 Å². The number of hydrogen-bond donors (Lipinski definition) is 1. The molecule has 0 aliphatic heterocycles. The molecule has 1 aromatic heterocycles. The van der Waals surface area contributed by atoms with Crippen molar-refractivity contribution < 1.29 is 4.74 Å². The summed E-state index contributed by atoms with van der Waals surface area (Å²) >= 11 is 0. The van der Waals surface area contributed by atoms with Gasteiger partial charge in [-0.05, 0) is 38.0 Å². The Balaban J connectivity index is 2.23. The van der Waals surface area contributed by atoms with E-state index in [0.717, 1.165) is 31.4 Å². The van der Waals surface area contributed by atoms with Gasteiger partial charge in [0.25, 0.3) is 0 Å². The van der Waals surface area contributed by atoms with Gasteiger partial charge >= 0.3 is 0 Å². The normalized spacial score (nSPS) is 23.2. The van der Waals surface area contributed by atoms with E-state index in [1.807, 2.05) is 14.0 Å². The van der Waals surface area contributed by atoms with Gasteiger partial charge in [0.05, 0.1) is 23.5 Å². The van der Waals surface area contributed by atoms with Crippen molar-refractivity contribution in [1.29, 1.82) is 0 Å². The first kappa shape index (κ1) is 14.5. The van der Waals surface area contributed by atoms with E-state index in [1.165, 1.54) is 0 Å². The van der Waals surface area contributed by atoms with E-state index < -0.39 is 0 Å². The van der Waals surface area contributed by atoms with Crippen LogP contribution >= 0.6 is 0 Å². The highest BCUT2D eigenvalue weighted by Crippen LogP contribution is 2.46. The lowest BCUT2D eigenvalue weighted by Crippen LogP contribution is -2.48. The molecule has 0 aromatic carbocycles. The number of ether oxygens (including phenoxy) is 1. The van der Waals surface area contributed by atoms with Crippen molar-refractivity contribution in [2.75, 3.05) is 6.61 Å². The largest absolute Gasteiger partial charge is 0.373 e. The second kappa shape index (κ2) is 5.21. The molecule has 1 heterocycles. The van der Waals surface area contributed by atoms with E-state index in [0.29, 0.717) is 12.0 Å². The third-order valence-electron chi connectivity index (χ3n) is 4.52. The van der Waals surface area contributed by atoms with Crippen LogP contribution in [0.2, 0.25) is 0 Å². The molecule has 108 valence electrons. The zero-order valence-corrected chi connectivity index (χ0v) is 12.5. The molecule has 1 aliphatic carbocycles. The Labute approximate surface area is 115 Å². The van der Waals surface area contributed by atoms with Crippen LogP contribution in [0.4, 0.5) is 0 Å². The second-order valence-corrected chi connectivity index (χ2v) is 6.42. The first-order valence-electron chi connectivity index (χ1n) is 7.14. The van der Waals surface area contributed by atoms with Crippen LogP contribution in [-0.2, 0) is 11.8 Å². The molecule has 5 heteroatoms. The van der Waals surface area contributed by atoms with Crippen LogP contribution in [0.1, 0.15) is 58.2 Å². The summed E-state index contributed by atoms with van der Waals surface area (Å²) in [5.41, 5.74) is 7.58. The molecule has 5 nitrogen and oxygen atoms in total. The Hall–Kier alpha value is -0.940. The van der Waals surface area contributed by atoms with Crippen LogP contribution in [0, 0.1) is 5.41 Å². The summed E-state index contributed by atoms with van der Waals surface area (Å²) in [5.74, 6) is 0. The molecule has 1 saturated carbocycles. The van der Waals surface area contributed by atoms with Gasteiger partial charge in [-0.1, -0.05) is 19.1 Å². The highest BCUT2D eigenvalue weighted by Gasteiger charge is 2.44.